The molecular formula is C29H23ClN4S. The molecule has 6 heteroatoms. The van der Waals surface area contributed by atoms with Gasteiger partial charge in [-0.3, -0.25) is 0 Å². The molecule has 6 rings (SSSR count). The summed E-state index contributed by atoms with van der Waals surface area (Å²) in [5.74, 6) is 0.592. The van der Waals surface area contributed by atoms with Crippen molar-refractivity contribution in [3.63, 3.8) is 0 Å². The standard InChI is InChI=1S/C29H23ClN4S/c1-2-19-10-12-20(13-11-19)26-18-25(27-9-6-16-35-27)33-34(26)29-31-24-15-14-22(30)17-23(24)28(32-29)21-7-4-3-5-8-21/h3-17,26H,2,18H2,1H3/t26-/m0/s1. The minimum atomic E-state index is 0.0198. The summed E-state index contributed by atoms with van der Waals surface area (Å²) in [6.45, 7) is 2.18. The van der Waals surface area contributed by atoms with E-state index in [1.165, 1.54) is 16.0 Å². The first-order valence-corrected chi connectivity index (χ1v) is 13.0. The molecular weight excluding hydrogens is 472 g/mol. The Labute approximate surface area is 213 Å². The van der Waals surface area contributed by atoms with Crippen LogP contribution >= 0.6 is 22.9 Å². The third-order valence-electron chi connectivity index (χ3n) is 6.39. The summed E-state index contributed by atoms with van der Waals surface area (Å²) in [7, 11) is 0. The van der Waals surface area contributed by atoms with E-state index in [1.807, 2.05) is 41.4 Å². The number of fused-ring (bicyclic) bond motifs is 1. The lowest BCUT2D eigenvalue weighted by molar-refractivity contribution is 0.688. The van der Waals surface area contributed by atoms with Crippen LogP contribution in [0.5, 0.6) is 0 Å². The second-order valence-electron chi connectivity index (χ2n) is 8.58. The van der Waals surface area contributed by atoms with Crippen LogP contribution in [0.4, 0.5) is 5.95 Å². The molecule has 0 bridgehead atoms. The normalized spacial score (nSPS) is 15.5. The molecule has 3 aromatic carbocycles. The lowest BCUT2D eigenvalue weighted by Crippen LogP contribution is -2.21. The molecule has 4 nitrogen and oxygen atoms in total. The highest BCUT2D eigenvalue weighted by molar-refractivity contribution is 7.12. The molecule has 172 valence electrons. The number of hydrogen-bond donors (Lipinski definition) is 0. The number of nitrogens with zero attached hydrogens (tertiary/aromatic N) is 4. The van der Waals surface area contributed by atoms with Gasteiger partial charge in [0.2, 0.25) is 5.95 Å². The number of halogens is 1. The van der Waals surface area contributed by atoms with Gasteiger partial charge < -0.3 is 0 Å². The first-order chi connectivity index (χ1) is 17.2. The van der Waals surface area contributed by atoms with Crippen LogP contribution in [0.25, 0.3) is 22.2 Å². The quantitative estimate of drug-likeness (QED) is 0.249. The van der Waals surface area contributed by atoms with Crippen molar-refractivity contribution in [3.05, 3.63) is 111 Å². The van der Waals surface area contributed by atoms with E-state index in [0.717, 1.165) is 40.7 Å². The molecule has 2 aromatic heterocycles. The predicted molar refractivity (Wildman–Crippen MR) is 146 cm³/mol. The van der Waals surface area contributed by atoms with Crippen molar-refractivity contribution >= 4 is 45.5 Å². The number of anilines is 1. The van der Waals surface area contributed by atoms with Gasteiger partial charge in [0.1, 0.15) is 0 Å². The van der Waals surface area contributed by atoms with Crippen molar-refractivity contribution in [2.45, 2.75) is 25.8 Å². The lowest BCUT2D eigenvalue weighted by Gasteiger charge is -2.23. The van der Waals surface area contributed by atoms with Gasteiger partial charge in [-0.15, -0.1) is 11.3 Å². The van der Waals surface area contributed by atoms with E-state index >= 15 is 0 Å². The third kappa shape index (κ3) is 4.22. The minimum Gasteiger partial charge on any atom is -0.223 e. The average Bonchev–Trinajstić information content (AvgIpc) is 3.59. The average molecular weight is 495 g/mol. The molecule has 1 aliphatic rings. The topological polar surface area (TPSA) is 41.4 Å². The maximum atomic E-state index is 6.36. The number of aromatic nitrogens is 2. The predicted octanol–water partition coefficient (Wildman–Crippen LogP) is 7.93. The van der Waals surface area contributed by atoms with Crippen molar-refractivity contribution in [2.75, 3.05) is 5.01 Å². The molecule has 0 N–H and O–H groups in total. The summed E-state index contributed by atoms with van der Waals surface area (Å²) in [5, 5.41) is 10.8. The fourth-order valence-corrected chi connectivity index (χ4v) is 5.42. The number of hydrazone groups is 1. The van der Waals surface area contributed by atoms with Gasteiger partial charge in [-0.1, -0.05) is 79.2 Å². The monoisotopic (exact) mass is 494 g/mol. The van der Waals surface area contributed by atoms with Crippen molar-refractivity contribution in [1.29, 1.82) is 0 Å². The summed E-state index contributed by atoms with van der Waals surface area (Å²) in [5.41, 5.74) is 6.31. The summed E-state index contributed by atoms with van der Waals surface area (Å²) in [4.78, 5) is 11.2. The molecule has 35 heavy (non-hydrogen) atoms. The van der Waals surface area contributed by atoms with Crippen LogP contribution in [0.1, 0.15) is 35.4 Å². The van der Waals surface area contributed by atoms with Crippen LogP contribution in [-0.4, -0.2) is 15.7 Å². The largest absolute Gasteiger partial charge is 0.247 e. The molecule has 0 saturated heterocycles. The zero-order chi connectivity index (χ0) is 23.8. The van der Waals surface area contributed by atoms with E-state index < -0.39 is 0 Å². The van der Waals surface area contributed by atoms with Gasteiger partial charge in [-0.05, 0) is 47.2 Å². The van der Waals surface area contributed by atoms with Crippen LogP contribution in [0, 0.1) is 0 Å². The Morgan fingerprint density at radius 3 is 2.51 bits per heavy atom. The Bertz CT molecular complexity index is 1510. The van der Waals surface area contributed by atoms with Crippen molar-refractivity contribution < 1.29 is 0 Å². The zero-order valence-corrected chi connectivity index (χ0v) is 20.8. The van der Waals surface area contributed by atoms with Gasteiger partial charge in [-0.25, -0.2) is 15.0 Å². The molecule has 0 unspecified atom stereocenters. The first kappa shape index (κ1) is 22.0. The van der Waals surface area contributed by atoms with E-state index in [-0.39, 0.29) is 6.04 Å². The van der Waals surface area contributed by atoms with Crippen LogP contribution in [-0.2, 0) is 6.42 Å². The maximum absolute atomic E-state index is 6.36. The molecule has 0 aliphatic carbocycles. The Kier molecular flexibility index (Phi) is 5.80. The van der Waals surface area contributed by atoms with Crippen LogP contribution in [0.2, 0.25) is 5.02 Å². The number of rotatable bonds is 5. The van der Waals surface area contributed by atoms with Crippen molar-refractivity contribution in [3.8, 4) is 11.3 Å². The van der Waals surface area contributed by atoms with Gasteiger partial charge >= 0.3 is 0 Å². The highest BCUT2D eigenvalue weighted by Crippen LogP contribution is 2.38. The lowest BCUT2D eigenvalue weighted by atomic mass is 9.99. The second kappa shape index (κ2) is 9.25. The van der Waals surface area contributed by atoms with E-state index in [0.29, 0.717) is 11.0 Å². The fraction of sp³-hybridized carbons (Fsp3) is 0.138. The molecule has 1 aliphatic heterocycles. The molecule has 3 heterocycles. The molecule has 0 saturated carbocycles. The molecule has 1 atom stereocenters. The van der Waals surface area contributed by atoms with E-state index in [9.17, 15) is 0 Å². The number of benzene rings is 3. The highest BCUT2D eigenvalue weighted by atomic mass is 35.5. The Hall–Kier alpha value is -3.54. The van der Waals surface area contributed by atoms with Gasteiger partial charge in [-0.2, -0.15) is 5.10 Å². The van der Waals surface area contributed by atoms with Gasteiger partial charge in [0.05, 0.1) is 27.8 Å². The van der Waals surface area contributed by atoms with Crippen molar-refractivity contribution in [2.24, 2.45) is 5.10 Å². The van der Waals surface area contributed by atoms with E-state index in [2.05, 4.69) is 60.8 Å². The van der Waals surface area contributed by atoms with Crippen molar-refractivity contribution in [1.82, 2.24) is 9.97 Å². The smallest absolute Gasteiger partial charge is 0.223 e. The third-order valence-corrected chi connectivity index (χ3v) is 7.54. The minimum absolute atomic E-state index is 0.0198. The molecule has 0 spiro atoms. The SMILES string of the molecule is CCc1ccc([C@@H]2CC(c3cccs3)=NN2c2nc(-c3ccccc3)c3cc(Cl)ccc3n2)cc1. The van der Waals surface area contributed by atoms with E-state index in [1.54, 1.807) is 11.3 Å². The second-order valence-corrected chi connectivity index (χ2v) is 9.97. The Balaban J connectivity index is 1.52. The molecule has 0 radical (unpaired) electrons. The Morgan fingerprint density at radius 2 is 1.77 bits per heavy atom. The summed E-state index contributed by atoms with van der Waals surface area (Å²) >= 11 is 8.07. The fourth-order valence-electron chi connectivity index (χ4n) is 4.53. The highest BCUT2D eigenvalue weighted by Gasteiger charge is 2.32. The van der Waals surface area contributed by atoms with Crippen LogP contribution in [0.3, 0.4) is 0 Å². The van der Waals surface area contributed by atoms with Gasteiger partial charge in [0.25, 0.3) is 0 Å². The maximum Gasteiger partial charge on any atom is 0.247 e. The molecule has 5 aromatic rings. The van der Waals surface area contributed by atoms with Gasteiger partial charge in [0, 0.05) is 22.4 Å². The number of aryl methyl sites for hydroxylation is 1. The number of hydrogen-bond acceptors (Lipinski definition) is 5. The van der Waals surface area contributed by atoms with Crippen LogP contribution < -0.4 is 5.01 Å². The molecule has 0 fully saturated rings. The summed E-state index contributed by atoms with van der Waals surface area (Å²) in [6, 6.07) is 29.0. The number of thiophene rings is 1. The Morgan fingerprint density at radius 1 is 0.943 bits per heavy atom. The summed E-state index contributed by atoms with van der Waals surface area (Å²) in [6.07, 6.45) is 1.82. The summed E-state index contributed by atoms with van der Waals surface area (Å²) < 4.78 is 0. The van der Waals surface area contributed by atoms with Crippen LogP contribution in [0.15, 0.2) is 95.4 Å². The zero-order valence-electron chi connectivity index (χ0n) is 19.2. The molecule has 0 amide bonds. The first-order valence-electron chi connectivity index (χ1n) is 11.7. The van der Waals surface area contributed by atoms with Gasteiger partial charge in [0.15, 0.2) is 0 Å². The van der Waals surface area contributed by atoms with E-state index in [4.69, 9.17) is 26.7 Å².